The van der Waals surface area contributed by atoms with Gasteiger partial charge in [0.05, 0.1) is 34.2 Å². The molecule has 5 aromatic rings. The molecule has 94 valence electrons. The van der Waals surface area contributed by atoms with Gasteiger partial charge in [-0.1, -0.05) is 18.2 Å². The third kappa shape index (κ3) is 1.11. The largest absolute Gasteiger partial charge is 0.454 e. The van der Waals surface area contributed by atoms with Gasteiger partial charge in [-0.05, 0) is 18.2 Å². The quantitative estimate of drug-likeness (QED) is 0.457. The molecular formula is C16H9N3O. The van der Waals surface area contributed by atoms with E-state index >= 15 is 0 Å². The van der Waals surface area contributed by atoms with Crippen LogP contribution < -0.4 is 0 Å². The van der Waals surface area contributed by atoms with Crippen LogP contribution in [0.15, 0.2) is 53.2 Å². The number of aromatic amines is 1. The van der Waals surface area contributed by atoms with E-state index in [-0.39, 0.29) is 0 Å². The molecule has 2 aromatic carbocycles. The molecule has 0 fully saturated rings. The first-order chi connectivity index (χ1) is 9.92. The molecule has 0 aliphatic heterocycles. The van der Waals surface area contributed by atoms with Crippen molar-refractivity contribution < 1.29 is 4.42 Å². The minimum atomic E-state index is 0.801. The number of fused-ring (bicyclic) bond motifs is 7. The number of H-pyrrole nitrogens is 1. The predicted octanol–water partition coefficient (Wildman–Crippen LogP) is 4.01. The average Bonchev–Trinajstić information content (AvgIpc) is 3.04. The van der Waals surface area contributed by atoms with Gasteiger partial charge in [-0.2, -0.15) is 5.10 Å². The number of aromatic nitrogens is 3. The first-order valence-corrected chi connectivity index (χ1v) is 6.44. The van der Waals surface area contributed by atoms with Crippen molar-refractivity contribution in [2.24, 2.45) is 0 Å². The van der Waals surface area contributed by atoms with Crippen LogP contribution in [0.25, 0.3) is 43.7 Å². The number of para-hydroxylation sites is 1. The van der Waals surface area contributed by atoms with Crippen molar-refractivity contribution in [3.63, 3.8) is 0 Å². The topological polar surface area (TPSA) is 54.7 Å². The van der Waals surface area contributed by atoms with Gasteiger partial charge in [0.15, 0.2) is 5.58 Å². The number of hydrogen-bond donors (Lipinski definition) is 1. The maximum Gasteiger partial charge on any atom is 0.154 e. The standard InChI is InChI=1S/C16H9N3O/c1-2-4-12-9(3-1)10-5-6-13-15(16(10)19-12)11-7-17-18-8-14(11)20-13/h1-8,18H. The van der Waals surface area contributed by atoms with Crippen molar-refractivity contribution in [2.75, 3.05) is 0 Å². The molecule has 0 aliphatic carbocycles. The van der Waals surface area contributed by atoms with Crippen molar-refractivity contribution in [3.8, 4) is 0 Å². The molecule has 3 heterocycles. The maximum atomic E-state index is 5.85. The zero-order valence-electron chi connectivity index (χ0n) is 10.4. The fraction of sp³-hybridized carbons (Fsp3) is 0. The Labute approximate surface area is 113 Å². The normalized spacial score (nSPS) is 12.0. The molecule has 4 heteroatoms. The van der Waals surface area contributed by atoms with Crippen molar-refractivity contribution in [3.05, 3.63) is 48.8 Å². The summed E-state index contributed by atoms with van der Waals surface area (Å²) >= 11 is 0. The Balaban J connectivity index is 2.14. The number of nitrogens with zero attached hydrogens (tertiary/aromatic N) is 2. The molecule has 3 aromatic heterocycles. The van der Waals surface area contributed by atoms with Gasteiger partial charge < -0.3 is 4.42 Å². The number of hydrogen-bond acceptors (Lipinski definition) is 3. The minimum absolute atomic E-state index is 0.801. The van der Waals surface area contributed by atoms with Crippen LogP contribution in [0, 0.1) is 0 Å². The second-order valence-corrected chi connectivity index (χ2v) is 4.88. The molecule has 0 radical (unpaired) electrons. The van der Waals surface area contributed by atoms with Gasteiger partial charge in [0.1, 0.15) is 5.58 Å². The van der Waals surface area contributed by atoms with Crippen LogP contribution in [0.3, 0.4) is 0 Å². The van der Waals surface area contributed by atoms with Crippen LogP contribution in [-0.4, -0.2) is 15.2 Å². The summed E-state index contributed by atoms with van der Waals surface area (Å²) in [6, 6.07) is 12.3. The van der Waals surface area contributed by atoms with E-state index in [1.807, 2.05) is 24.3 Å². The third-order valence-corrected chi connectivity index (χ3v) is 3.78. The molecule has 0 saturated heterocycles. The molecule has 0 unspecified atom stereocenters. The first-order valence-electron chi connectivity index (χ1n) is 6.44. The summed E-state index contributed by atoms with van der Waals surface area (Å²) in [7, 11) is 0. The molecular weight excluding hydrogens is 250 g/mol. The summed E-state index contributed by atoms with van der Waals surface area (Å²) in [5, 5.41) is 11.3. The predicted molar refractivity (Wildman–Crippen MR) is 78.7 cm³/mol. The fourth-order valence-electron chi connectivity index (χ4n) is 2.90. The highest BCUT2D eigenvalue weighted by atomic mass is 16.3. The van der Waals surface area contributed by atoms with Crippen LogP contribution in [0.4, 0.5) is 0 Å². The van der Waals surface area contributed by atoms with Crippen LogP contribution in [0.2, 0.25) is 0 Å². The molecule has 4 nitrogen and oxygen atoms in total. The monoisotopic (exact) mass is 259 g/mol. The average molecular weight is 259 g/mol. The zero-order chi connectivity index (χ0) is 13.1. The highest BCUT2D eigenvalue weighted by molar-refractivity contribution is 6.23. The second kappa shape index (κ2) is 3.36. The Morgan fingerprint density at radius 1 is 0.900 bits per heavy atom. The highest BCUT2D eigenvalue weighted by Crippen LogP contribution is 2.36. The Bertz CT molecular complexity index is 1100. The fourth-order valence-corrected chi connectivity index (χ4v) is 2.90. The Kier molecular flexibility index (Phi) is 1.68. The van der Waals surface area contributed by atoms with Crippen molar-refractivity contribution in [1.29, 1.82) is 0 Å². The van der Waals surface area contributed by atoms with E-state index in [0.717, 1.165) is 38.4 Å². The van der Waals surface area contributed by atoms with E-state index in [1.165, 1.54) is 5.39 Å². The molecule has 0 amide bonds. The summed E-state index contributed by atoms with van der Waals surface area (Å²) < 4.78 is 5.85. The van der Waals surface area contributed by atoms with E-state index in [2.05, 4.69) is 22.3 Å². The summed E-state index contributed by atoms with van der Waals surface area (Å²) in [5.41, 5.74) is 3.64. The van der Waals surface area contributed by atoms with E-state index < -0.39 is 0 Å². The number of nitrogens with one attached hydrogen (secondary N) is 1. The van der Waals surface area contributed by atoms with E-state index in [9.17, 15) is 0 Å². The molecule has 0 bridgehead atoms. The summed E-state index contributed by atoms with van der Waals surface area (Å²) in [4.78, 5) is 4.77. The molecule has 0 atom stereocenters. The summed E-state index contributed by atoms with van der Waals surface area (Å²) in [6.07, 6.45) is 3.56. The Morgan fingerprint density at radius 3 is 2.85 bits per heavy atom. The molecule has 5 rings (SSSR count). The van der Waals surface area contributed by atoms with Crippen molar-refractivity contribution in [2.45, 2.75) is 0 Å². The van der Waals surface area contributed by atoms with Gasteiger partial charge >= 0.3 is 0 Å². The van der Waals surface area contributed by atoms with E-state index in [0.29, 0.717) is 0 Å². The summed E-state index contributed by atoms with van der Waals surface area (Å²) in [5.74, 6) is 0. The molecule has 0 spiro atoms. The lowest BCUT2D eigenvalue weighted by Crippen LogP contribution is -1.76. The lowest BCUT2D eigenvalue weighted by molar-refractivity contribution is 0.665. The summed E-state index contributed by atoms with van der Waals surface area (Å²) in [6.45, 7) is 0. The number of furan rings is 1. The molecule has 1 N–H and O–H groups in total. The van der Waals surface area contributed by atoms with Gasteiger partial charge in [-0.3, -0.25) is 5.10 Å². The Hall–Kier alpha value is -2.88. The van der Waals surface area contributed by atoms with E-state index in [4.69, 9.17) is 9.40 Å². The van der Waals surface area contributed by atoms with Gasteiger partial charge in [-0.15, -0.1) is 0 Å². The first kappa shape index (κ1) is 9.97. The smallest absolute Gasteiger partial charge is 0.154 e. The molecule has 0 saturated carbocycles. The SMILES string of the molecule is c1ccc2c(c1)nc1c2ccc2oc3c[nH]ncc3c21. The van der Waals surface area contributed by atoms with Crippen molar-refractivity contribution in [1.82, 2.24) is 15.2 Å². The van der Waals surface area contributed by atoms with E-state index in [1.54, 1.807) is 12.4 Å². The Morgan fingerprint density at radius 2 is 1.85 bits per heavy atom. The van der Waals surface area contributed by atoms with Gasteiger partial charge in [-0.25, -0.2) is 4.98 Å². The van der Waals surface area contributed by atoms with Crippen molar-refractivity contribution >= 4 is 43.7 Å². The number of rotatable bonds is 0. The van der Waals surface area contributed by atoms with Gasteiger partial charge in [0.25, 0.3) is 0 Å². The molecule has 20 heavy (non-hydrogen) atoms. The lowest BCUT2D eigenvalue weighted by Gasteiger charge is -1.92. The number of benzene rings is 2. The molecule has 0 aliphatic rings. The zero-order valence-corrected chi connectivity index (χ0v) is 10.4. The third-order valence-electron chi connectivity index (χ3n) is 3.78. The second-order valence-electron chi connectivity index (χ2n) is 4.88. The van der Waals surface area contributed by atoms with Gasteiger partial charge in [0, 0.05) is 10.8 Å². The van der Waals surface area contributed by atoms with Crippen LogP contribution >= 0.6 is 0 Å². The highest BCUT2D eigenvalue weighted by Gasteiger charge is 2.14. The lowest BCUT2D eigenvalue weighted by atomic mass is 10.1. The van der Waals surface area contributed by atoms with Gasteiger partial charge in [0.2, 0.25) is 0 Å². The van der Waals surface area contributed by atoms with Crippen LogP contribution in [0.1, 0.15) is 0 Å². The maximum absolute atomic E-state index is 5.85. The van der Waals surface area contributed by atoms with Crippen LogP contribution in [0.5, 0.6) is 0 Å². The van der Waals surface area contributed by atoms with Crippen LogP contribution in [-0.2, 0) is 0 Å². The minimum Gasteiger partial charge on any atom is -0.454 e.